The van der Waals surface area contributed by atoms with Gasteiger partial charge in [0.25, 0.3) is 11.8 Å². The summed E-state index contributed by atoms with van der Waals surface area (Å²) >= 11 is 5.71. The highest BCUT2D eigenvalue weighted by atomic mass is 35.5. The lowest BCUT2D eigenvalue weighted by Crippen LogP contribution is -2.62. The van der Waals surface area contributed by atoms with Gasteiger partial charge in [0.15, 0.2) is 0 Å². The molecule has 14 heteroatoms. The first-order valence-corrected chi connectivity index (χ1v) is 12.6. The first-order chi connectivity index (χ1) is 16.9. The number of hydrogen-bond acceptors (Lipinski definition) is 5. The number of likely N-dealkylation sites (tertiary alicyclic amines) is 1. The van der Waals surface area contributed by atoms with Crippen molar-refractivity contribution in [2.75, 3.05) is 25.5 Å². The molecule has 3 rings (SSSR count). The van der Waals surface area contributed by atoms with Gasteiger partial charge in [-0.1, -0.05) is 34.6 Å². The Morgan fingerprint density at radius 1 is 1.22 bits per heavy atom. The third-order valence-electron chi connectivity index (χ3n) is 7.63. The number of alkyl halides is 4. The first-order valence-electron chi connectivity index (χ1n) is 12.0. The SMILES string of the molecule is CC(C)(C)C(NC(=O)C(F)(F)F)C(=O)N1C[C@H]2[C@@H]([C@H]1C(=O)NN(C[C@@H]1CCNC1=O)C(=O)CCl)C2(C)C. The lowest BCUT2D eigenvalue weighted by Gasteiger charge is -2.38. The molecule has 10 nitrogen and oxygen atoms in total. The van der Waals surface area contributed by atoms with E-state index in [1.165, 1.54) is 25.7 Å². The quantitative estimate of drug-likeness (QED) is 0.332. The summed E-state index contributed by atoms with van der Waals surface area (Å²) in [7, 11) is 0. The van der Waals surface area contributed by atoms with Gasteiger partial charge in [-0.25, -0.2) is 0 Å². The molecule has 208 valence electrons. The Bertz CT molecular complexity index is 983. The summed E-state index contributed by atoms with van der Waals surface area (Å²) < 4.78 is 39.0. The molecule has 2 aliphatic heterocycles. The molecule has 0 aromatic heterocycles. The van der Waals surface area contributed by atoms with E-state index in [1.54, 1.807) is 5.32 Å². The number of rotatable bonds is 6. The van der Waals surface area contributed by atoms with Gasteiger partial charge < -0.3 is 15.5 Å². The van der Waals surface area contributed by atoms with Gasteiger partial charge in [0.1, 0.15) is 18.0 Å². The summed E-state index contributed by atoms with van der Waals surface area (Å²) in [4.78, 5) is 64.4. The van der Waals surface area contributed by atoms with Crippen LogP contribution in [0, 0.1) is 28.6 Å². The fraction of sp³-hybridized carbons (Fsp3) is 0.783. The predicted molar refractivity (Wildman–Crippen MR) is 125 cm³/mol. The van der Waals surface area contributed by atoms with Crippen molar-refractivity contribution in [2.45, 2.75) is 59.3 Å². The third-order valence-corrected chi connectivity index (χ3v) is 7.86. The molecule has 5 atom stereocenters. The van der Waals surface area contributed by atoms with Crippen molar-refractivity contribution in [2.24, 2.45) is 28.6 Å². The van der Waals surface area contributed by atoms with Crippen molar-refractivity contribution in [3.05, 3.63) is 0 Å². The van der Waals surface area contributed by atoms with Crippen LogP contribution < -0.4 is 16.1 Å². The number of hydrazine groups is 1. The second-order valence-corrected chi connectivity index (χ2v) is 11.8. The smallest absolute Gasteiger partial charge is 0.356 e. The van der Waals surface area contributed by atoms with Gasteiger partial charge in [0, 0.05) is 13.1 Å². The van der Waals surface area contributed by atoms with Gasteiger partial charge in [0.05, 0.1) is 12.5 Å². The van der Waals surface area contributed by atoms with Crippen LogP contribution in [0.15, 0.2) is 0 Å². The summed E-state index contributed by atoms with van der Waals surface area (Å²) in [5, 5.41) is 5.40. The number of carbonyl (C=O) groups is 5. The molecule has 0 spiro atoms. The van der Waals surface area contributed by atoms with Crippen LogP contribution in [0.4, 0.5) is 13.2 Å². The highest BCUT2D eigenvalue weighted by molar-refractivity contribution is 6.27. The molecule has 1 unspecified atom stereocenters. The van der Waals surface area contributed by atoms with Crippen LogP contribution in [-0.4, -0.2) is 83.2 Å². The molecule has 5 amide bonds. The number of hydrogen-bond donors (Lipinski definition) is 3. The summed E-state index contributed by atoms with van der Waals surface area (Å²) in [6, 6.07) is -2.65. The molecule has 3 N–H and O–H groups in total. The van der Waals surface area contributed by atoms with E-state index in [9.17, 15) is 37.1 Å². The van der Waals surface area contributed by atoms with E-state index in [2.05, 4.69) is 10.7 Å². The van der Waals surface area contributed by atoms with Crippen LogP contribution in [-0.2, 0) is 24.0 Å². The molecule has 0 bridgehead atoms. The molecule has 3 fully saturated rings. The highest BCUT2D eigenvalue weighted by Crippen LogP contribution is 2.65. The van der Waals surface area contributed by atoms with Crippen LogP contribution in [0.3, 0.4) is 0 Å². The van der Waals surface area contributed by atoms with E-state index in [-0.39, 0.29) is 36.2 Å². The van der Waals surface area contributed by atoms with Crippen molar-refractivity contribution in [1.29, 1.82) is 0 Å². The van der Waals surface area contributed by atoms with Crippen molar-refractivity contribution in [3.63, 3.8) is 0 Å². The van der Waals surface area contributed by atoms with Crippen LogP contribution in [0.5, 0.6) is 0 Å². The van der Waals surface area contributed by atoms with Gasteiger partial charge in [-0.15, -0.1) is 11.6 Å². The average Bonchev–Trinajstić information content (AvgIpc) is 3.14. The van der Waals surface area contributed by atoms with E-state index in [0.29, 0.717) is 13.0 Å². The lowest BCUT2D eigenvalue weighted by atomic mass is 9.85. The minimum absolute atomic E-state index is 0.0936. The summed E-state index contributed by atoms with van der Waals surface area (Å²) in [5.74, 6) is -6.12. The number of nitrogens with one attached hydrogen (secondary N) is 3. The van der Waals surface area contributed by atoms with Gasteiger partial charge in [0.2, 0.25) is 11.8 Å². The molecular weight excluding hydrogens is 519 g/mol. The number of piperidine rings is 1. The minimum Gasteiger partial charge on any atom is -0.356 e. The molecule has 0 aromatic rings. The Kier molecular flexibility index (Phi) is 7.80. The minimum atomic E-state index is -5.19. The number of nitrogens with zero attached hydrogens (tertiary/aromatic N) is 2. The second kappa shape index (κ2) is 9.95. The topological polar surface area (TPSA) is 128 Å². The van der Waals surface area contributed by atoms with Crippen molar-refractivity contribution < 1.29 is 37.1 Å². The molecule has 3 aliphatic rings. The number of carbonyl (C=O) groups excluding carboxylic acids is 5. The number of amides is 5. The molecule has 1 saturated carbocycles. The maximum Gasteiger partial charge on any atom is 0.471 e. The second-order valence-electron chi connectivity index (χ2n) is 11.5. The summed E-state index contributed by atoms with van der Waals surface area (Å²) in [6.07, 6.45) is -4.73. The van der Waals surface area contributed by atoms with Crippen LogP contribution in [0.1, 0.15) is 41.0 Å². The molecule has 37 heavy (non-hydrogen) atoms. The molecular formula is C23H33ClF3N5O5. The normalized spacial score (nSPS) is 27.2. The van der Waals surface area contributed by atoms with Gasteiger partial charge in [-0.3, -0.25) is 34.4 Å². The van der Waals surface area contributed by atoms with Gasteiger partial charge in [-0.05, 0) is 29.1 Å². The van der Waals surface area contributed by atoms with E-state index in [4.69, 9.17) is 11.6 Å². The van der Waals surface area contributed by atoms with Gasteiger partial charge in [-0.2, -0.15) is 13.2 Å². The fourth-order valence-electron chi connectivity index (χ4n) is 5.36. The van der Waals surface area contributed by atoms with E-state index < -0.39 is 59.1 Å². The zero-order valence-electron chi connectivity index (χ0n) is 21.4. The fourth-order valence-corrected chi connectivity index (χ4v) is 5.51. The number of halogens is 4. The van der Waals surface area contributed by atoms with Crippen molar-refractivity contribution in [3.8, 4) is 0 Å². The predicted octanol–water partition coefficient (Wildman–Crippen LogP) is 0.797. The Hall–Kier alpha value is -2.57. The zero-order chi connectivity index (χ0) is 28.1. The molecule has 1 aliphatic carbocycles. The Balaban J connectivity index is 1.85. The average molecular weight is 552 g/mol. The van der Waals surface area contributed by atoms with E-state index in [1.807, 2.05) is 13.8 Å². The molecule has 0 aromatic carbocycles. The molecule has 0 radical (unpaired) electrons. The Morgan fingerprint density at radius 3 is 2.32 bits per heavy atom. The number of fused-ring (bicyclic) bond motifs is 1. The lowest BCUT2D eigenvalue weighted by molar-refractivity contribution is -0.176. The van der Waals surface area contributed by atoms with Crippen molar-refractivity contribution >= 4 is 41.1 Å². The van der Waals surface area contributed by atoms with Crippen LogP contribution in [0.25, 0.3) is 0 Å². The maximum atomic E-state index is 13.6. The monoisotopic (exact) mass is 551 g/mol. The first kappa shape index (κ1) is 29.0. The summed E-state index contributed by atoms with van der Waals surface area (Å²) in [6.45, 7) is 8.79. The standard InChI is InChI=1S/C23H33ClF3N5O5/c1-21(2,3)16(29-20(37)23(25,26)27)19(36)31-10-12-14(22(12,4)5)15(31)18(35)30-32(13(33)8-24)9-11-6-7-28-17(11)34/h11-12,14-16H,6-10H2,1-5H3,(H,28,34)(H,29,37)(H,30,35)/t11-,12-,14-,15-,16?/m0/s1. The van der Waals surface area contributed by atoms with E-state index >= 15 is 0 Å². The zero-order valence-corrected chi connectivity index (χ0v) is 22.1. The van der Waals surface area contributed by atoms with Crippen LogP contribution >= 0.6 is 11.6 Å². The van der Waals surface area contributed by atoms with Crippen molar-refractivity contribution in [1.82, 2.24) is 26.0 Å². The molecule has 2 heterocycles. The summed E-state index contributed by atoms with van der Waals surface area (Å²) in [5.41, 5.74) is 1.08. The molecule has 2 saturated heterocycles. The Morgan fingerprint density at radius 2 is 1.84 bits per heavy atom. The van der Waals surface area contributed by atoms with Gasteiger partial charge >= 0.3 is 12.1 Å². The highest BCUT2D eigenvalue weighted by Gasteiger charge is 2.70. The van der Waals surface area contributed by atoms with Crippen LogP contribution in [0.2, 0.25) is 0 Å². The third kappa shape index (κ3) is 5.80. The maximum absolute atomic E-state index is 13.6. The largest absolute Gasteiger partial charge is 0.471 e. The van der Waals surface area contributed by atoms with E-state index in [0.717, 1.165) is 5.01 Å². The Labute approximate surface area is 217 Å².